The minimum Gasteiger partial charge on any atom is -0.512 e. The number of urea groups is 1. The van der Waals surface area contributed by atoms with E-state index in [2.05, 4.69) is 5.32 Å². The molecule has 6 heteroatoms. The zero-order valence-electron chi connectivity index (χ0n) is 10.4. The monoisotopic (exact) mass is 308 g/mol. The summed E-state index contributed by atoms with van der Waals surface area (Å²) >= 11 is 0. The molecule has 2 unspecified atom stereocenters. The first kappa shape index (κ1) is 15.3. The number of imide groups is 1. The van der Waals surface area contributed by atoms with Gasteiger partial charge in [-0.1, -0.05) is 13.5 Å². The predicted molar refractivity (Wildman–Crippen MR) is 58.0 cm³/mol. The molecule has 3 amide bonds. The van der Waals surface area contributed by atoms with Crippen LogP contribution in [-0.4, -0.2) is 35.0 Å². The molecule has 0 aromatic heterocycles. The van der Waals surface area contributed by atoms with Crippen LogP contribution in [0.5, 0.6) is 0 Å². The average molecular weight is 309 g/mol. The van der Waals surface area contributed by atoms with E-state index in [4.69, 9.17) is 0 Å². The summed E-state index contributed by atoms with van der Waals surface area (Å²) in [6, 6.07) is -0.598. The maximum Gasteiger partial charge on any atom is 1.00 e. The number of aliphatic hydroxyl groups excluding tert-OH is 1. The van der Waals surface area contributed by atoms with Gasteiger partial charge in [-0.3, -0.25) is 9.59 Å². The third-order valence-electron chi connectivity index (χ3n) is 3.42. The Labute approximate surface area is 149 Å². The minimum absolute atomic E-state index is 0. The molecule has 5 nitrogen and oxygen atoms in total. The van der Waals surface area contributed by atoms with Crippen LogP contribution in [-0.2, 0) is 4.79 Å². The zero-order valence-corrected chi connectivity index (χ0v) is 15.4. The van der Waals surface area contributed by atoms with Crippen molar-refractivity contribution in [3.8, 4) is 0 Å². The van der Waals surface area contributed by atoms with Crippen LogP contribution in [0.15, 0.2) is 11.3 Å². The van der Waals surface area contributed by atoms with Gasteiger partial charge in [-0.25, -0.2) is 0 Å². The quantitative estimate of drug-likeness (QED) is 0.459. The Balaban J connectivity index is 0.00000144. The van der Waals surface area contributed by atoms with E-state index in [9.17, 15) is 14.7 Å². The zero-order chi connectivity index (χ0) is 11.9. The molecule has 0 bridgehead atoms. The molecule has 1 N–H and O–H groups in total. The van der Waals surface area contributed by atoms with Crippen LogP contribution in [0.1, 0.15) is 26.2 Å². The molecule has 1 aliphatic carbocycles. The molecule has 0 aromatic carbocycles. The van der Waals surface area contributed by atoms with Crippen LogP contribution in [0.3, 0.4) is 0 Å². The number of allylic oxidation sites excluding steroid dienone is 1. The topological polar surface area (TPSA) is 71.7 Å². The third-order valence-corrected chi connectivity index (χ3v) is 3.42. The van der Waals surface area contributed by atoms with E-state index in [1.807, 2.05) is 0 Å². The Morgan fingerprint density at radius 2 is 2.12 bits per heavy atom. The van der Waals surface area contributed by atoms with Gasteiger partial charge in [-0.15, -0.1) is 0 Å². The second-order valence-electron chi connectivity index (χ2n) is 4.29. The molecule has 2 aliphatic rings. The third kappa shape index (κ3) is 2.52. The maximum absolute atomic E-state index is 12.0. The summed E-state index contributed by atoms with van der Waals surface area (Å²) < 4.78 is 0. The van der Waals surface area contributed by atoms with Crippen molar-refractivity contribution in [1.29, 1.82) is 0 Å². The number of carbonyl (C=O) groups excluding carboxylic acids is 2. The Hall–Kier alpha value is 0.285. The molecule has 0 radical (unpaired) electrons. The first-order chi connectivity index (χ1) is 7.57. The average Bonchev–Trinajstić information content (AvgIpc) is 2.75. The molecule has 2 fully saturated rings. The molecule has 1 saturated heterocycles. The van der Waals surface area contributed by atoms with E-state index in [1.54, 1.807) is 0 Å². The van der Waals surface area contributed by atoms with Crippen LogP contribution in [0, 0.1) is 5.92 Å². The molecular formula is C11H15N2O3Rb. The molecule has 1 aliphatic heterocycles. The normalized spacial score (nSPS) is 29.8. The predicted octanol–water partition coefficient (Wildman–Crippen LogP) is -1.04. The van der Waals surface area contributed by atoms with E-state index in [0.717, 1.165) is 19.3 Å². The van der Waals surface area contributed by atoms with E-state index < -0.39 is 6.03 Å². The summed E-state index contributed by atoms with van der Waals surface area (Å²) in [7, 11) is 1.38. The maximum atomic E-state index is 12.0. The summed E-state index contributed by atoms with van der Waals surface area (Å²) in [5.41, 5.74) is 0.402. The summed E-state index contributed by atoms with van der Waals surface area (Å²) in [6.45, 7) is 1.50. The van der Waals surface area contributed by atoms with Crippen molar-refractivity contribution in [2.24, 2.45) is 5.92 Å². The van der Waals surface area contributed by atoms with Crippen LogP contribution in [0.2, 0.25) is 0 Å². The number of likely N-dealkylation sites (tertiary alicyclic amines) is 1. The Bertz CT molecular complexity index is 377. The second kappa shape index (κ2) is 5.95. The number of aliphatic hydroxyl groups is 1. The Morgan fingerprint density at radius 3 is 2.65 bits per heavy atom. The molecule has 88 valence electrons. The van der Waals surface area contributed by atoms with E-state index in [0.29, 0.717) is 5.57 Å². The number of nitrogens with zero attached hydrogens (tertiary/aromatic N) is 2. The van der Waals surface area contributed by atoms with Crippen molar-refractivity contribution in [1.82, 2.24) is 4.90 Å². The summed E-state index contributed by atoms with van der Waals surface area (Å²) in [5.74, 6) is -0.332. The number of amides is 3. The number of fused-ring (bicyclic) bond motifs is 1. The van der Waals surface area contributed by atoms with Crippen molar-refractivity contribution >= 4 is 11.9 Å². The summed E-state index contributed by atoms with van der Waals surface area (Å²) in [5, 5.41) is 13.1. The van der Waals surface area contributed by atoms with E-state index >= 15 is 0 Å². The van der Waals surface area contributed by atoms with E-state index in [-0.39, 0.29) is 81.8 Å². The SMILES string of the molecule is C[N-]C(=O)N1C(=O)/C(=C(/C)O)C2CCCC21.[Rb+]. The van der Waals surface area contributed by atoms with Gasteiger partial charge in [-0.05, 0) is 31.7 Å². The second-order valence-corrected chi connectivity index (χ2v) is 4.29. The number of carbonyl (C=O) groups is 2. The van der Waals surface area contributed by atoms with Crippen LogP contribution in [0.25, 0.3) is 5.32 Å². The minimum atomic E-state index is -0.502. The van der Waals surface area contributed by atoms with Gasteiger partial charge in [0.1, 0.15) is 0 Å². The van der Waals surface area contributed by atoms with Gasteiger partial charge in [0.2, 0.25) is 0 Å². The van der Waals surface area contributed by atoms with Gasteiger partial charge in [-0.2, -0.15) is 0 Å². The molecule has 0 aromatic rings. The molecule has 17 heavy (non-hydrogen) atoms. The molecule has 2 rings (SSSR count). The molecule has 1 heterocycles. The van der Waals surface area contributed by atoms with Crippen molar-refractivity contribution in [2.75, 3.05) is 7.05 Å². The van der Waals surface area contributed by atoms with Crippen molar-refractivity contribution in [3.63, 3.8) is 0 Å². The van der Waals surface area contributed by atoms with Crippen molar-refractivity contribution < 1.29 is 72.9 Å². The van der Waals surface area contributed by atoms with E-state index in [1.165, 1.54) is 18.9 Å². The van der Waals surface area contributed by atoms with Gasteiger partial charge >= 0.3 is 58.2 Å². The van der Waals surface area contributed by atoms with Crippen LogP contribution >= 0.6 is 0 Å². The number of hydrogen-bond donors (Lipinski definition) is 1. The molecule has 2 atom stereocenters. The summed E-state index contributed by atoms with van der Waals surface area (Å²) in [6.07, 6.45) is 2.65. The summed E-state index contributed by atoms with van der Waals surface area (Å²) in [4.78, 5) is 24.8. The van der Waals surface area contributed by atoms with Gasteiger partial charge in [0.15, 0.2) is 11.9 Å². The smallest absolute Gasteiger partial charge is 0.512 e. The molecule has 0 spiro atoms. The van der Waals surface area contributed by atoms with Gasteiger partial charge in [0.25, 0.3) is 0 Å². The van der Waals surface area contributed by atoms with Gasteiger partial charge in [0, 0.05) is 5.57 Å². The Kier molecular flexibility index (Phi) is 5.37. The van der Waals surface area contributed by atoms with Crippen LogP contribution < -0.4 is 58.2 Å². The Morgan fingerprint density at radius 1 is 1.47 bits per heavy atom. The number of rotatable bonds is 0. The van der Waals surface area contributed by atoms with Gasteiger partial charge in [0.05, 0.1) is 5.76 Å². The van der Waals surface area contributed by atoms with Crippen molar-refractivity contribution in [3.05, 3.63) is 16.6 Å². The number of hydrogen-bond acceptors (Lipinski definition) is 3. The fourth-order valence-electron chi connectivity index (χ4n) is 2.78. The largest absolute Gasteiger partial charge is 1.00 e. The molecule has 1 saturated carbocycles. The van der Waals surface area contributed by atoms with Crippen molar-refractivity contribution in [2.45, 2.75) is 32.2 Å². The molecular weight excluding hydrogens is 294 g/mol. The fraction of sp³-hybridized carbons (Fsp3) is 0.636. The first-order valence-electron chi connectivity index (χ1n) is 5.45. The first-order valence-corrected chi connectivity index (χ1v) is 5.45. The van der Waals surface area contributed by atoms with Gasteiger partial charge < -0.3 is 15.3 Å². The fourth-order valence-corrected chi connectivity index (χ4v) is 2.78. The van der Waals surface area contributed by atoms with Crippen LogP contribution in [0.4, 0.5) is 4.79 Å². The standard InChI is InChI=1S/C11H16N2O3.Rb/c1-6(14)9-7-4-3-5-8(7)13(10(9)15)11(16)12-2;/h7-8H,3-5H2,1-2H3,(H2,12,14,15,16);/q;+1/p-1.